The Labute approximate surface area is 227 Å². The molecule has 11 nitrogen and oxygen atoms in total. The van der Waals surface area contributed by atoms with Crippen LogP contribution in [0.4, 0.5) is 17.1 Å². The fourth-order valence-electron chi connectivity index (χ4n) is 2.73. The van der Waals surface area contributed by atoms with Gasteiger partial charge < -0.3 is 20.1 Å². The molecule has 0 aliphatic carbocycles. The van der Waals surface area contributed by atoms with Crippen molar-refractivity contribution in [2.24, 2.45) is 10.2 Å². The van der Waals surface area contributed by atoms with Crippen LogP contribution in [0.2, 0.25) is 0 Å². The molecule has 0 unspecified atom stereocenters. The second-order valence-corrected chi connectivity index (χ2v) is 8.73. The van der Waals surface area contributed by atoms with Gasteiger partial charge in [-0.15, -0.1) is 10.2 Å². The molecule has 0 radical (unpaired) electrons. The average Bonchev–Trinajstić information content (AvgIpc) is 2.65. The van der Waals surface area contributed by atoms with Crippen molar-refractivity contribution in [3.8, 4) is 11.5 Å². The molecule has 3 rings (SSSR count). The Morgan fingerprint density at radius 2 is 1.66 bits per heavy atom. The second-order valence-electron chi connectivity index (χ2n) is 5.96. The molecule has 3 aromatic carbocycles. The van der Waals surface area contributed by atoms with E-state index in [2.05, 4.69) is 10.2 Å². The van der Waals surface area contributed by atoms with Crippen molar-refractivity contribution in [2.45, 2.75) is 9.79 Å². The first-order chi connectivity index (χ1) is 13.9. The molecule has 0 aliphatic heterocycles. The van der Waals surface area contributed by atoms with Crippen molar-refractivity contribution in [2.75, 3.05) is 12.8 Å². The maximum absolute atomic E-state index is 12.9. The van der Waals surface area contributed by atoms with Gasteiger partial charge in [0.05, 0.1) is 17.7 Å². The van der Waals surface area contributed by atoms with Gasteiger partial charge in [0.15, 0.2) is 0 Å². The molecule has 3 N–H and O–H groups in total. The number of azo groups is 1. The first-order valence-electron chi connectivity index (χ1n) is 7.99. The fraction of sp³-hybridized carbons (Fsp3) is 0.0588. The van der Waals surface area contributed by atoms with E-state index in [9.17, 15) is 31.0 Å². The first-order valence-corrected chi connectivity index (χ1v) is 10.8. The fourth-order valence-corrected chi connectivity index (χ4v) is 3.92. The van der Waals surface area contributed by atoms with Gasteiger partial charge in [-0.2, -0.15) is 8.42 Å². The summed E-state index contributed by atoms with van der Waals surface area (Å²) in [5, 5.41) is 19.8. The van der Waals surface area contributed by atoms with E-state index in [1.807, 2.05) is 0 Å². The third-order valence-corrected chi connectivity index (χ3v) is 5.72. The third kappa shape index (κ3) is 5.99. The summed E-state index contributed by atoms with van der Waals surface area (Å²) in [6, 6.07) is 8.64. The number of nitrogens with zero attached hydrogens (tertiary/aromatic N) is 2. The summed E-state index contributed by atoms with van der Waals surface area (Å²) in [6.45, 7) is 0. The van der Waals surface area contributed by atoms with E-state index >= 15 is 0 Å². The van der Waals surface area contributed by atoms with Crippen LogP contribution in [0.1, 0.15) is 0 Å². The van der Waals surface area contributed by atoms with Gasteiger partial charge in [-0.05, 0) is 41.1 Å². The Hall–Kier alpha value is -1.26. The van der Waals surface area contributed by atoms with Crippen LogP contribution in [0.25, 0.3) is 10.8 Å². The number of nitrogens with two attached hydrogens (primary N) is 1. The number of hydrogen-bond acceptors (Lipinski definition) is 10. The normalized spacial score (nSPS) is 11.7. The molecular weight excluding hydrogens is 484 g/mol. The summed E-state index contributed by atoms with van der Waals surface area (Å²) in [5.41, 5.74) is 4.76. The van der Waals surface area contributed by atoms with Crippen LogP contribution < -0.4 is 74.7 Å². The zero-order valence-corrected chi connectivity index (χ0v) is 22.8. The minimum Gasteiger partial charge on any atom is -0.870 e. The van der Waals surface area contributed by atoms with Gasteiger partial charge in [-0.25, -0.2) is 8.42 Å². The third-order valence-electron chi connectivity index (χ3n) is 4.04. The van der Waals surface area contributed by atoms with Gasteiger partial charge in [0.25, 0.3) is 10.1 Å². The van der Waals surface area contributed by atoms with Gasteiger partial charge in [0, 0.05) is 5.69 Å². The molecule has 158 valence electrons. The van der Waals surface area contributed by atoms with E-state index in [1.54, 1.807) is 18.2 Å². The van der Waals surface area contributed by atoms with E-state index in [0.29, 0.717) is 0 Å². The van der Waals surface area contributed by atoms with E-state index in [4.69, 9.17) is 10.5 Å². The van der Waals surface area contributed by atoms with Gasteiger partial charge in [0.2, 0.25) is 0 Å². The number of hydrogen-bond donors (Lipinski definition) is 2. The molecule has 32 heavy (non-hydrogen) atoms. The Morgan fingerprint density at radius 3 is 2.22 bits per heavy atom. The summed E-state index contributed by atoms with van der Waals surface area (Å²) in [6.07, 6.45) is 0. The molecule has 0 heterocycles. The van der Waals surface area contributed by atoms with Crippen LogP contribution in [-0.4, -0.2) is 33.1 Å². The van der Waals surface area contributed by atoms with Gasteiger partial charge >= 0.3 is 59.1 Å². The minimum absolute atomic E-state index is 0. The summed E-state index contributed by atoms with van der Waals surface area (Å²) in [5.74, 6) is -0.751. The molecular formula is C17H13N3Na2O8S2. The smallest absolute Gasteiger partial charge is 0.870 e. The van der Waals surface area contributed by atoms with Crippen molar-refractivity contribution >= 4 is 48.1 Å². The molecule has 15 heteroatoms. The van der Waals surface area contributed by atoms with Crippen LogP contribution in [-0.2, 0) is 20.2 Å². The van der Waals surface area contributed by atoms with Crippen molar-refractivity contribution in [1.29, 1.82) is 0 Å². The molecule has 0 atom stereocenters. The monoisotopic (exact) mass is 497 g/mol. The minimum atomic E-state index is -4.98. The number of ether oxygens (including phenoxy) is 1. The Morgan fingerprint density at radius 1 is 1.03 bits per heavy atom. The molecule has 0 saturated carbocycles. The summed E-state index contributed by atoms with van der Waals surface area (Å²) < 4.78 is 72.1. The zero-order valence-electron chi connectivity index (χ0n) is 17.1. The summed E-state index contributed by atoms with van der Waals surface area (Å²) in [4.78, 5) is -1.70. The standard InChI is InChI=1S/C17H15N3O8S2.2Na/c1-28-13-5-3-2-4-12(13)19-20-16-14(30(25,26)27)7-9-6-10(29(22,23)24)8-11(18)15(9)17(16)21;;/h2-8,21H,18H2,1H3,(H,22,23,24)(H,25,26,27);;/q;2*+1/p-2. The predicted octanol–water partition coefficient (Wildman–Crippen LogP) is -3.92. The number of benzene rings is 3. The summed E-state index contributed by atoms with van der Waals surface area (Å²) in [7, 11) is -8.55. The largest absolute Gasteiger partial charge is 1.00 e. The number of rotatable bonds is 5. The Kier molecular flexibility index (Phi) is 9.69. The average molecular weight is 497 g/mol. The van der Waals surface area contributed by atoms with Crippen LogP contribution >= 0.6 is 0 Å². The van der Waals surface area contributed by atoms with E-state index < -0.39 is 41.5 Å². The molecule has 0 aliphatic rings. The van der Waals surface area contributed by atoms with Crippen LogP contribution in [0.5, 0.6) is 11.5 Å². The SMILES string of the molecule is COc1ccccc1N=Nc1c(S(=O)(=O)O)cc2cc(S(=O)(=O)[O-])cc(N)c2c1[O-].[Na+].[Na+]. The van der Waals surface area contributed by atoms with Gasteiger partial charge in [0.1, 0.15) is 26.5 Å². The van der Waals surface area contributed by atoms with E-state index in [-0.39, 0.29) is 87.0 Å². The van der Waals surface area contributed by atoms with Crippen LogP contribution in [0.15, 0.2) is 62.5 Å². The molecule has 3 aromatic rings. The zero-order chi connectivity index (χ0) is 22.3. The van der Waals surface area contributed by atoms with Crippen LogP contribution in [0, 0.1) is 0 Å². The first kappa shape index (κ1) is 28.8. The van der Waals surface area contributed by atoms with Gasteiger partial charge in [-0.3, -0.25) is 4.55 Å². The van der Waals surface area contributed by atoms with E-state index in [0.717, 1.165) is 18.2 Å². The van der Waals surface area contributed by atoms with Crippen molar-refractivity contribution < 1.29 is 94.9 Å². The van der Waals surface area contributed by atoms with E-state index in [1.165, 1.54) is 13.2 Å². The molecule has 0 aromatic heterocycles. The number of nitrogen functional groups attached to an aromatic ring is 1. The summed E-state index contributed by atoms with van der Waals surface area (Å²) >= 11 is 0. The van der Waals surface area contributed by atoms with Crippen LogP contribution in [0.3, 0.4) is 0 Å². The molecule has 0 bridgehead atoms. The topological polar surface area (TPSA) is 195 Å². The molecule has 0 saturated heterocycles. The number of fused-ring (bicyclic) bond motifs is 1. The molecule has 0 spiro atoms. The quantitative estimate of drug-likeness (QED) is 0.153. The number of para-hydroxylation sites is 1. The number of methoxy groups -OCH3 is 1. The van der Waals surface area contributed by atoms with Crippen molar-refractivity contribution in [3.05, 3.63) is 42.5 Å². The second kappa shape index (κ2) is 10.8. The van der Waals surface area contributed by atoms with Crippen molar-refractivity contribution in [1.82, 2.24) is 0 Å². The van der Waals surface area contributed by atoms with Gasteiger partial charge in [-0.1, -0.05) is 17.9 Å². The Bertz CT molecular complexity index is 1410. The predicted molar refractivity (Wildman–Crippen MR) is 103 cm³/mol. The number of anilines is 1. The molecule has 0 amide bonds. The maximum atomic E-state index is 12.9. The van der Waals surface area contributed by atoms with Crippen molar-refractivity contribution in [3.63, 3.8) is 0 Å². The molecule has 0 fully saturated rings. The maximum Gasteiger partial charge on any atom is 1.00 e. The Balaban J connectivity index is 0.00000256.